The van der Waals surface area contributed by atoms with Crippen LogP contribution >= 0.6 is 11.8 Å². The van der Waals surface area contributed by atoms with Crippen molar-refractivity contribution in [2.24, 2.45) is 0 Å². The van der Waals surface area contributed by atoms with Crippen LogP contribution in [0, 0.1) is 0 Å². The Morgan fingerprint density at radius 1 is 1.06 bits per heavy atom. The van der Waals surface area contributed by atoms with Crippen LogP contribution in [0.5, 0.6) is 0 Å². The molecule has 6 nitrogen and oxygen atoms in total. The monoisotopic (exact) mass is 437 g/mol. The maximum Gasteiger partial charge on any atom is 0.250 e. The number of fused-ring (bicyclic) bond motifs is 1. The van der Waals surface area contributed by atoms with Gasteiger partial charge in [-0.3, -0.25) is 14.4 Å². The third-order valence-corrected chi connectivity index (χ3v) is 6.94. The molecule has 4 rings (SSSR count). The molecule has 31 heavy (non-hydrogen) atoms. The predicted molar refractivity (Wildman–Crippen MR) is 123 cm³/mol. The topological polar surface area (TPSA) is 69.7 Å². The lowest BCUT2D eigenvalue weighted by atomic mass is 10.1. The second-order valence-corrected chi connectivity index (χ2v) is 9.02. The molecule has 2 aromatic rings. The molecule has 1 fully saturated rings. The molecule has 0 radical (unpaired) electrons. The van der Waals surface area contributed by atoms with Gasteiger partial charge in [-0.25, -0.2) is 0 Å². The Balaban J connectivity index is 1.54. The van der Waals surface area contributed by atoms with E-state index in [1.54, 1.807) is 4.90 Å². The lowest BCUT2D eigenvalue weighted by Gasteiger charge is -2.36. The summed E-state index contributed by atoms with van der Waals surface area (Å²) in [5, 5.41) is 2.04. The molecule has 3 amide bonds. The van der Waals surface area contributed by atoms with E-state index in [4.69, 9.17) is 0 Å². The molecule has 1 atom stereocenters. The molecule has 0 unspecified atom stereocenters. The quantitative estimate of drug-likeness (QED) is 0.724. The number of hydrogen-bond donors (Lipinski definition) is 1. The average molecular weight is 438 g/mol. The van der Waals surface area contributed by atoms with Gasteiger partial charge in [0.25, 0.3) is 5.91 Å². The van der Waals surface area contributed by atoms with Gasteiger partial charge in [0, 0.05) is 23.7 Å². The highest BCUT2D eigenvalue weighted by Gasteiger charge is 2.40. The van der Waals surface area contributed by atoms with E-state index >= 15 is 0 Å². The smallest absolute Gasteiger partial charge is 0.250 e. The lowest BCUT2D eigenvalue weighted by Crippen LogP contribution is -2.52. The number of carbonyl (C=O) groups is 3. The van der Waals surface area contributed by atoms with Crippen molar-refractivity contribution in [1.82, 2.24) is 4.90 Å². The molecule has 1 saturated heterocycles. The number of piperidine rings is 1. The fraction of sp³-hybridized carbons (Fsp3) is 0.375. The first-order valence-corrected chi connectivity index (χ1v) is 11.7. The van der Waals surface area contributed by atoms with Crippen molar-refractivity contribution >= 4 is 40.9 Å². The van der Waals surface area contributed by atoms with E-state index < -0.39 is 5.25 Å². The standard InChI is InChI=1S/C24H27N3O3S/c1-2-17-9-8-10-18(15-17)25-21(28)16-27-19-11-4-5-12-20(19)31-22(24(27)30)23(29)26-13-6-3-7-14-26/h4-5,8-12,15,22H,2-3,6-7,13-14,16H2,1H3,(H,25,28)/t22-/m1/s1. The van der Waals surface area contributed by atoms with Crippen LogP contribution < -0.4 is 10.2 Å². The van der Waals surface area contributed by atoms with Crippen LogP contribution in [0.15, 0.2) is 53.4 Å². The van der Waals surface area contributed by atoms with Crippen molar-refractivity contribution in [3.05, 3.63) is 54.1 Å². The number of carbonyl (C=O) groups excluding carboxylic acids is 3. The summed E-state index contributed by atoms with van der Waals surface area (Å²) in [6.07, 6.45) is 3.93. The van der Waals surface area contributed by atoms with Gasteiger partial charge in [0.15, 0.2) is 5.25 Å². The first kappa shape index (κ1) is 21.4. The lowest BCUT2D eigenvalue weighted by molar-refractivity contribution is -0.135. The van der Waals surface area contributed by atoms with Gasteiger partial charge < -0.3 is 15.1 Å². The highest BCUT2D eigenvalue weighted by atomic mass is 32.2. The van der Waals surface area contributed by atoms with Crippen LogP contribution in [-0.4, -0.2) is 47.5 Å². The minimum absolute atomic E-state index is 0.128. The summed E-state index contributed by atoms with van der Waals surface area (Å²) < 4.78 is 0. The van der Waals surface area contributed by atoms with E-state index in [0.29, 0.717) is 24.5 Å². The van der Waals surface area contributed by atoms with Crippen molar-refractivity contribution < 1.29 is 14.4 Å². The van der Waals surface area contributed by atoms with E-state index in [-0.39, 0.29) is 24.3 Å². The van der Waals surface area contributed by atoms with Crippen LogP contribution in [-0.2, 0) is 20.8 Å². The predicted octanol–water partition coefficient (Wildman–Crippen LogP) is 3.71. The second-order valence-electron chi connectivity index (χ2n) is 7.88. The van der Waals surface area contributed by atoms with E-state index in [2.05, 4.69) is 12.2 Å². The maximum absolute atomic E-state index is 13.3. The zero-order chi connectivity index (χ0) is 21.8. The van der Waals surface area contributed by atoms with Gasteiger partial charge in [0.05, 0.1) is 5.69 Å². The molecule has 2 aliphatic heterocycles. The van der Waals surface area contributed by atoms with Crippen molar-refractivity contribution in [3.8, 4) is 0 Å². The third kappa shape index (κ3) is 4.77. The number of amides is 3. The number of nitrogens with one attached hydrogen (secondary N) is 1. The van der Waals surface area contributed by atoms with Gasteiger partial charge >= 0.3 is 0 Å². The number of thioether (sulfide) groups is 1. The first-order valence-electron chi connectivity index (χ1n) is 10.8. The van der Waals surface area contributed by atoms with Crippen LogP contribution in [0.3, 0.4) is 0 Å². The zero-order valence-electron chi connectivity index (χ0n) is 17.7. The molecule has 0 saturated carbocycles. The summed E-state index contributed by atoms with van der Waals surface area (Å²) in [6, 6.07) is 15.1. The maximum atomic E-state index is 13.3. The SMILES string of the molecule is CCc1cccc(NC(=O)CN2C(=O)[C@@H](C(=O)N3CCCCC3)Sc3ccccc32)c1. The van der Waals surface area contributed by atoms with Gasteiger partial charge in [0.2, 0.25) is 11.8 Å². The van der Waals surface area contributed by atoms with Gasteiger partial charge in [0.1, 0.15) is 6.54 Å². The largest absolute Gasteiger partial charge is 0.341 e. The normalized spacial score (nSPS) is 18.5. The molecule has 2 aromatic carbocycles. The minimum Gasteiger partial charge on any atom is -0.341 e. The van der Waals surface area contributed by atoms with Gasteiger partial charge in [-0.2, -0.15) is 0 Å². The number of likely N-dealkylation sites (tertiary alicyclic amines) is 1. The zero-order valence-corrected chi connectivity index (χ0v) is 18.5. The summed E-state index contributed by atoms with van der Waals surface area (Å²) in [5.41, 5.74) is 2.51. The number of aryl methyl sites for hydroxylation is 1. The molecule has 0 aromatic heterocycles. The Hall–Kier alpha value is -2.80. The van der Waals surface area contributed by atoms with Crippen molar-refractivity contribution in [2.75, 3.05) is 29.9 Å². The number of hydrogen-bond acceptors (Lipinski definition) is 4. The summed E-state index contributed by atoms with van der Waals surface area (Å²) in [7, 11) is 0. The summed E-state index contributed by atoms with van der Waals surface area (Å²) in [4.78, 5) is 43.4. The van der Waals surface area contributed by atoms with Gasteiger partial charge in [-0.15, -0.1) is 11.8 Å². The second kappa shape index (κ2) is 9.56. The van der Waals surface area contributed by atoms with E-state index in [1.165, 1.54) is 16.7 Å². The highest BCUT2D eigenvalue weighted by molar-refractivity contribution is 8.01. The number of nitrogens with zero attached hydrogens (tertiary/aromatic N) is 2. The number of anilines is 2. The van der Waals surface area contributed by atoms with Gasteiger partial charge in [-0.05, 0) is 55.5 Å². The van der Waals surface area contributed by atoms with Crippen LogP contribution in [0.25, 0.3) is 0 Å². The Morgan fingerprint density at radius 3 is 2.61 bits per heavy atom. The Morgan fingerprint density at radius 2 is 1.84 bits per heavy atom. The molecule has 1 N–H and O–H groups in total. The fourth-order valence-corrected chi connectivity index (χ4v) is 5.22. The molecule has 2 aliphatic rings. The van der Waals surface area contributed by atoms with Crippen LogP contribution in [0.2, 0.25) is 0 Å². The summed E-state index contributed by atoms with van der Waals surface area (Å²) >= 11 is 1.29. The Kier molecular flexibility index (Phi) is 6.61. The fourth-order valence-electron chi connectivity index (χ4n) is 4.03. The highest BCUT2D eigenvalue weighted by Crippen LogP contribution is 2.40. The molecular formula is C24H27N3O3S. The van der Waals surface area contributed by atoms with E-state index in [1.807, 2.05) is 48.5 Å². The number of rotatable bonds is 5. The molecule has 0 bridgehead atoms. The van der Waals surface area contributed by atoms with Crippen molar-refractivity contribution in [2.45, 2.75) is 42.8 Å². The average Bonchev–Trinajstić information content (AvgIpc) is 2.81. The molecule has 7 heteroatoms. The summed E-state index contributed by atoms with van der Waals surface area (Å²) in [5.74, 6) is -0.755. The number of para-hydroxylation sites is 1. The van der Waals surface area contributed by atoms with E-state index in [0.717, 1.165) is 36.1 Å². The van der Waals surface area contributed by atoms with Crippen molar-refractivity contribution in [1.29, 1.82) is 0 Å². The van der Waals surface area contributed by atoms with Crippen molar-refractivity contribution in [3.63, 3.8) is 0 Å². The molecule has 2 heterocycles. The minimum atomic E-state index is -0.843. The Labute approximate surface area is 187 Å². The number of benzene rings is 2. The van der Waals surface area contributed by atoms with Gasteiger partial charge in [-0.1, -0.05) is 31.2 Å². The molecule has 0 aliphatic carbocycles. The first-order chi connectivity index (χ1) is 15.1. The molecule has 0 spiro atoms. The molecular weight excluding hydrogens is 410 g/mol. The van der Waals surface area contributed by atoms with Crippen LogP contribution in [0.4, 0.5) is 11.4 Å². The summed E-state index contributed by atoms with van der Waals surface area (Å²) in [6.45, 7) is 3.32. The Bertz CT molecular complexity index is 988. The van der Waals surface area contributed by atoms with Crippen LogP contribution in [0.1, 0.15) is 31.7 Å². The third-order valence-electron chi connectivity index (χ3n) is 5.70. The molecule has 162 valence electrons. The van der Waals surface area contributed by atoms with E-state index in [9.17, 15) is 14.4 Å².